The van der Waals surface area contributed by atoms with Gasteiger partial charge in [0.15, 0.2) is 0 Å². The van der Waals surface area contributed by atoms with E-state index in [1.165, 1.54) is 0 Å². The van der Waals surface area contributed by atoms with Crippen molar-refractivity contribution in [2.45, 2.75) is 19.0 Å². The molecule has 1 amide bonds. The Bertz CT molecular complexity index is 523. The van der Waals surface area contributed by atoms with Crippen LogP contribution in [0, 0.1) is 0 Å². The zero-order valence-corrected chi connectivity index (χ0v) is 11.2. The van der Waals surface area contributed by atoms with Crippen LogP contribution < -0.4 is 5.43 Å². The van der Waals surface area contributed by atoms with Crippen LogP contribution in [-0.2, 0) is 6.18 Å². The quantitative estimate of drug-likeness (QED) is 0.855. The van der Waals surface area contributed by atoms with Crippen LogP contribution in [-0.4, -0.2) is 28.1 Å². The highest BCUT2D eigenvalue weighted by molar-refractivity contribution is 7.99. The van der Waals surface area contributed by atoms with Gasteiger partial charge in [0.1, 0.15) is 0 Å². The molecule has 1 aromatic rings. The molecule has 1 N–H and O–H groups in total. The van der Waals surface area contributed by atoms with Crippen LogP contribution in [0.3, 0.4) is 0 Å². The number of pyridine rings is 1. The Labute approximate surface area is 117 Å². The number of rotatable bonds is 2. The van der Waals surface area contributed by atoms with Crippen molar-refractivity contribution in [2.24, 2.45) is 5.10 Å². The smallest absolute Gasteiger partial charge is 0.267 e. The molecule has 0 atom stereocenters. The zero-order valence-electron chi connectivity index (χ0n) is 10.4. The van der Waals surface area contributed by atoms with Crippen molar-refractivity contribution in [2.75, 3.05) is 11.5 Å². The number of hydrogen-bond acceptors (Lipinski definition) is 4. The molecule has 2 heterocycles. The number of aromatic nitrogens is 1. The van der Waals surface area contributed by atoms with E-state index in [0.717, 1.165) is 48.5 Å². The van der Waals surface area contributed by atoms with Gasteiger partial charge in [0.2, 0.25) is 0 Å². The van der Waals surface area contributed by atoms with Crippen LogP contribution in [0.1, 0.15) is 28.8 Å². The Hall–Kier alpha value is -1.57. The molecule has 1 aliphatic heterocycles. The molecule has 0 aliphatic carbocycles. The highest BCUT2D eigenvalue weighted by atomic mass is 32.2. The van der Waals surface area contributed by atoms with E-state index in [1.807, 2.05) is 0 Å². The first-order valence-electron chi connectivity index (χ1n) is 5.93. The Morgan fingerprint density at radius 3 is 2.70 bits per heavy atom. The number of hydrogen-bond donors (Lipinski definition) is 1. The molecule has 0 radical (unpaired) electrons. The second-order valence-corrected chi connectivity index (χ2v) is 5.38. The number of nitrogens with one attached hydrogen (secondary N) is 1. The monoisotopic (exact) mass is 303 g/mol. The Kier molecular flexibility index (Phi) is 4.64. The lowest BCUT2D eigenvalue weighted by Crippen LogP contribution is -2.24. The molecular formula is C12H12F3N3OS. The Morgan fingerprint density at radius 1 is 1.35 bits per heavy atom. The van der Waals surface area contributed by atoms with Crippen molar-refractivity contribution in [1.29, 1.82) is 0 Å². The maximum absolute atomic E-state index is 12.8. The van der Waals surface area contributed by atoms with Gasteiger partial charge in [0.05, 0.1) is 11.1 Å². The Balaban J connectivity index is 2.13. The average molecular weight is 303 g/mol. The van der Waals surface area contributed by atoms with Gasteiger partial charge in [0, 0.05) is 18.1 Å². The maximum atomic E-state index is 12.8. The summed E-state index contributed by atoms with van der Waals surface area (Å²) in [5.74, 6) is 0.932. The minimum Gasteiger partial charge on any atom is -0.267 e. The lowest BCUT2D eigenvalue weighted by Gasteiger charge is -2.13. The van der Waals surface area contributed by atoms with Crippen LogP contribution in [0.2, 0.25) is 0 Å². The van der Waals surface area contributed by atoms with Gasteiger partial charge >= 0.3 is 6.18 Å². The van der Waals surface area contributed by atoms with Crippen LogP contribution in [0.5, 0.6) is 0 Å². The van der Waals surface area contributed by atoms with Gasteiger partial charge in [-0.1, -0.05) is 0 Å². The number of halogens is 3. The van der Waals surface area contributed by atoms with Crippen molar-refractivity contribution in [3.63, 3.8) is 0 Å². The summed E-state index contributed by atoms with van der Waals surface area (Å²) < 4.78 is 38.3. The van der Waals surface area contributed by atoms with Crippen LogP contribution in [0.25, 0.3) is 0 Å². The summed E-state index contributed by atoms with van der Waals surface area (Å²) in [6, 6.07) is 0.777. The van der Waals surface area contributed by atoms with Crippen molar-refractivity contribution < 1.29 is 18.0 Å². The molecule has 108 valence electrons. The summed E-state index contributed by atoms with van der Waals surface area (Å²) in [6.45, 7) is 0. The third-order valence-corrected chi connectivity index (χ3v) is 3.74. The number of carbonyl (C=O) groups is 1. The van der Waals surface area contributed by atoms with E-state index in [2.05, 4.69) is 15.5 Å². The lowest BCUT2D eigenvalue weighted by atomic mass is 10.1. The van der Waals surface area contributed by atoms with E-state index in [4.69, 9.17) is 0 Å². The van der Waals surface area contributed by atoms with Crippen molar-refractivity contribution in [1.82, 2.24) is 10.4 Å². The minimum atomic E-state index is -4.59. The van der Waals surface area contributed by atoms with Gasteiger partial charge in [0.25, 0.3) is 5.91 Å². The molecule has 8 heteroatoms. The molecule has 0 aromatic carbocycles. The molecule has 20 heavy (non-hydrogen) atoms. The normalized spacial score (nSPS) is 15.8. The fourth-order valence-corrected chi connectivity index (χ4v) is 2.70. The second-order valence-electron chi connectivity index (χ2n) is 4.15. The predicted octanol–water partition coefficient (Wildman–Crippen LogP) is 2.71. The minimum absolute atomic E-state index is 0.519. The lowest BCUT2D eigenvalue weighted by molar-refractivity contribution is -0.138. The second kappa shape index (κ2) is 6.25. The topological polar surface area (TPSA) is 54.4 Å². The third-order valence-electron chi connectivity index (χ3n) is 2.76. The van der Waals surface area contributed by atoms with Gasteiger partial charge in [-0.2, -0.15) is 30.0 Å². The van der Waals surface area contributed by atoms with Crippen molar-refractivity contribution in [3.8, 4) is 0 Å². The average Bonchev–Trinajstić information content (AvgIpc) is 2.45. The third kappa shape index (κ3) is 3.72. The van der Waals surface area contributed by atoms with Crippen molar-refractivity contribution >= 4 is 23.4 Å². The van der Waals surface area contributed by atoms with Gasteiger partial charge in [-0.05, 0) is 30.4 Å². The first-order valence-corrected chi connectivity index (χ1v) is 7.08. The number of hydrazone groups is 1. The van der Waals surface area contributed by atoms with E-state index < -0.39 is 23.2 Å². The molecular weight excluding hydrogens is 291 g/mol. The zero-order chi connectivity index (χ0) is 14.6. The highest BCUT2D eigenvalue weighted by Gasteiger charge is 2.35. The van der Waals surface area contributed by atoms with Gasteiger partial charge in [-0.25, -0.2) is 5.43 Å². The first-order chi connectivity index (χ1) is 9.48. The molecule has 0 unspecified atom stereocenters. The summed E-state index contributed by atoms with van der Waals surface area (Å²) in [5, 5.41) is 3.89. The van der Waals surface area contributed by atoms with Gasteiger partial charge in [-0.15, -0.1) is 0 Å². The molecule has 0 bridgehead atoms. The molecule has 1 aromatic heterocycles. The summed E-state index contributed by atoms with van der Waals surface area (Å²) in [6.07, 6.45) is -1.21. The van der Waals surface area contributed by atoms with E-state index in [1.54, 1.807) is 11.8 Å². The summed E-state index contributed by atoms with van der Waals surface area (Å²) in [4.78, 5) is 15.4. The standard InChI is InChI=1S/C12H12F3N3OS/c13-12(14,15)10-1-4-16-7-9(10)11(19)18-17-8-2-5-20-6-3-8/h1,4,7H,2-3,5-6H2,(H,18,19). The van der Waals surface area contributed by atoms with Crippen LogP contribution in [0.15, 0.2) is 23.6 Å². The summed E-state index contributed by atoms with van der Waals surface area (Å²) >= 11 is 1.78. The van der Waals surface area contributed by atoms with E-state index in [-0.39, 0.29) is 0 Å². The summed E-state index contributed by atoms with van der Waals surface area (Å²) in [7, 11) is 0. The van der Waals surface area contributed by atoms with E-state index in [9.17, 15) is 18.0 Å². The number of alkyl halides is 3. The molecule has 0 saturated carbocycles. The SMILES string of the molecule is O=C(NN=C1CCSCC1)c1cnccc1C(F)(F)F. The van der Waals surface area contributed by atoms with Crippen LogP contribution >= 0.6 is 11.8 Å². The fraction of sp³-hybridized carbons (Fsp3) is 0.417. The maximum Gasteiger partial charge on any atom is 0.417 e. The summed E-state index contributed by atoms with van der Waals surface area (Å²) in [5.41, 5.74) is 1.45. The van der Waals surface area contributed by atoms with E-state index in [0.29, 0.717) is 0 Å². The number of thioether (sulfide) groups is 1. The molecule has 0 spiro atoms. The van der Waals surface area contributed by atoms with Gasteiger partial charge in [-0.3, -0.25) is 9.78 Å². The number of carbonyl (C=O) groups excluding carboxylic acids is 1. The molecule has 1 saturated heterocycles. The molecule has 2 rings (SSSR count). The number of nitrogens with zero attached hydrogens (tertiary/aromatic N) is 2. The molecule has 1 fully saturated rings. The Morgan fingerprint density at radius 2 is 2.05 bits per heavy atom. The van der Waals surface area contributed by atoms with Gasteiger partial charge < -0.3 is 0 Å². The number of amides is 1. The molecule has 1 aliphatic rings. The van der Waals surface area contributed by atoms with Crippen molar-refractivity contribution in [3.05, 3.63) is 29.6 Å². The first kappa shape index (κ1) is 14.8. The van der Waals surface area contributed by atoms with E-state index >= 15 is 0 Å². The highest BCUT2D eigenvalue weighted by Crippen LogP contribution is 2.31. The molecule has 4 nitrogen and oxygen atoms in total. The predicted molar refractivity (Wildman–Crippen MR) is 70.7 cm³/mol. The largest absolute Gasteiger partial charge is 0.417 e. The fourth-order valence-electron chi connectivity index (χ4n) is 1.73. The van der Waals surface area contributed by atoms with Crippen LogP contribution in [0.4, 0.5) is 13.2 Å².